The largest absolute Gasteiger partial charge is 0.495 e. The van der Waals surface area contributed by atoms with Crippen molar-refractivity contribution in [2.24, 2.45) is 11.3 Å². The molecule has 0 aromatic rings. The molecule has 1 fully saturated rings. The molecule has 0 saturated heterocycles. The third kappa shape index (κ3) is 2.67. The van der Waals surface area contributed by atoms with Crippen LogP contribution < -0.4 is 0 Å². The van der Waals surface area contributed by atoms with Crippen molar-refractivity contribution in [1.82, 2.24) is 0 Å². The van der Waals surface area contributed by atoms with E-state index in [4.69, 9.17) is 4.74 Å². The standard InChI is InChI=1S/C18H26O3/c1-12(19)4-3-5-13-6-7-14-15-8-9-17(20)18(15,2)11-10-16(14)21-13/h13,15H,3-11H2,1-2H3/t13?,15?,18-/m1/s1. The summed E-state index contributed by atoms with van der Waals surface area (Å²) in [5.41, 5.74) is 1.33. The van der Waals surface area contributed by atoms with Crippen molar-refractivity contribution in [1.29, 1.82) is 0 Å². The zero-order valence-electron chi connectivity index (χ0n) is 13.2. The van der Waals surface area contributed by atoms with Gasteiger partial charge in [0.25, 0.3) is 0 Å². The van der Waals surface area contributed by atoms with Crippen LogP contribution in [0.5, 0.6) is 0 Å². The molecule has 1 heterocycles. The fourth-order valence-electron chi connectivity index (χ4n) is 4.48. The normalized spacial score (nSPS) is 35.2. The number of Topliss-reactive ketones (excluding diaryl/α,β-unsaturated/α-hetero) is 2. The molecule has 116 valence electrons. The molecule has 1 saturated carbocycles. The third-order valence-electron chi connectivity index (χ3n) is 5.82. The summed E-state index contributed by atoms with van der Waals surface area (Å²) in [6, 6.07) is 0. The van der Waals surface area contributed by atoms with E-state index in [0.29, 0.717) is 18.1 Å². The van der Waals surface area contributed by atoms with E-state index in [9.17, 15) is 9.59 Å². The van der Waals surface area contributed by atoms with Crippen molar-refractivity contribution >= 4 is 11.6 Å². The minimum absolute atomic E-state index is 0.107. The van der Waals surface area contributed by atoms with E-state index in [-0.39, 0.29) is 17.3 Å². The molecule has 21 heavy (non-hydrogen) atoms. The number of hydrogen-bond donors (Lipinski definition) is 0. The van der Waals surface area contributed by atoms with Crippen LogP contribution in [0.25, 0.3) is 0 Å². The molecule has 3 heteroatoms. The molecule has 3 atom stereocenters. The number of allylic oxidation sites excluding steroid dienone is 2. The lowest BCUT2D eigenvalue weighted by atomic mass is 9.66. The van der Waals surface area contributed by atoms with Gasteiger partial charge in [-0.05, 0) is 56.9 Å². The molecule has 0 aromatic heterocycles. The van der Waals surface area contributed by atoms with Gasteiger partial charge in [-0.3, -0.25) is 4.79 Å². The number of carbonyl (C=O) groups excluding carboxylic acids is 2. The molecule has 0 amide bonds. The van der Waals surface area contributed by atoms with Gasteiger partial charge in [-0.2, -0.15) is 0 Å². The molecular formula is C18H26O3. The summed E-state index contributed by atoms with van der Waals surface area (Å²) < 4.78 is 6.22. The van der Waals surface area contributed by atoms with Gasteiger partial charge in [0.05, 0.1) is 11.9 Å². The first-order chi connectivity index (χ1) is 10.0. The quantitative estimate of drug-likeness (QED) is 0.787. The van der Waals surface area contributed by atoms with Crippen molar-refractivity contribution < 1.29 is 14.3 Å². The highest BCUT2D eigenvalue weighted by Crippen LogP contribution is 2.54. The molecule has 0 radical (unpaired) electrons. The van der Waals surface area contributed by atoms with Crippen LogP contribution in [0, 0.1) is 11.3 Å². The fraction of sp³-hybridized carbons (Fsp3) is 0.778. The van der Waals surface area contributed by atoms with E-state index < -0.39 is 0 Å². The average Bonchev–Trinajstić information content (AvgIpc) is 2.75. The molecule has 0 N–H and O–H groups in total. The van der Waals surface area contributed by atoms with Gasteiger partial charge in [-0.25, -0.2) is 0 Å². The minimum Gasteiger partial charge on any atom is -0.495 e. The van der Waals surface area contributed by atoms with Gasteiger partial charge in [-0.15, -0.1) is 0 Å². The topological polar surface area (TPSA) is 43.4 Å². The van der Waals surface area contributed by atoms with Gasteiger partial charge in [-0.1, -0.05) is 6.92 Å². The lowest BCUT2D eigenvalue weighted by Crippen LogP contribution is -2.36. The molecule has 0 spiro atoms. The van der Waals surface area contributed by atoms with Crippen LogP contribution in [-0.4, -0.2) is 17.7 Å². The SMILES string of the molecule is CC(=O)CCCC1CCC2=C(CC[C@@]3(C)C(=O)CCC23)O1. The second-order valence-corrected chi connectivity index (χ2v) is 7.25. The highest BCUT2D eigenvalue weighted by Gasteiger charge is 2.51. The number of carbonyl (C=O) groups is 2. The summed E-state index contributed by atoms with van der Waals surface area (Å²) in [6.45, 7) is 3.82. The lowest BCUT2D eigenvalue weighted by Gasteiger charge is -2.41. The second kappa shape index (κ2) is 5.58. The molecule has 2 unspecified atom stereocenters. The van der Waals surface area contributed by atoms with Crippen LogP contribution >= 0.6 is 0 Å². The van der Waals surface area contributed by atoms with Crippen molar-refractivity contribution in [2.45, 2.75) is 77.7 Å². The van der Waals surface area contributed by atoms with Crippen LogP contribution in [-0.2, 0) is 14.3 Å². The van der Waals surface area contributed by atoms with Gasteiger partial charge < -0.3 is 9.53 Å². The maximum atomic E-state index is 12.2. The Morgan fingerprint density at radius 2 is 2.10 bits per heavy atom. The highest BCUT2D eigenvalue weighted by atomic mass is 16.5. The van der Waals surface area contributed by atoms with Gasteiger partial charge in [0.15, 0.2) is 0 Å². The van der Waals surface area contributed by atoms with Gasteiger partial charge in [0.2, 0.25) is 0 Å². The summed E-state index contributed by atoms with van der Waals surface area (Å²) in [6.07, 6.45) is 8.66. The van der Waals surface area contributed by atoms with E-state index in [0.717, 1.165) is 51.4 Å². The van der Waals surface area contributed by atoms with Crippen molar-refractivity contribution in [3.8, 4) is 0 Å². The zero-order valence-corrected chi connectivity index (χ0v) is 13.2. The Morgan fingerprint density at radius 3 is 2.86 bits per heavy atom. The minimum atomic E-state index is -0.107. The Labute approximate surface area is 127 Å². The average molecular weight is 290 g/mol. The fourth-order valence-corrected chi connectivity index (χ4v) is 4.48. The summed E-state index contributed by atoms with van der Waals surface area (Å²) in [5, 5.41) is 0. The Hall–Kier alpha value is -1.12. The highest BCUT2D eigenvalue weighted by molar-refractivity contribution is 5.87. The maximum Gasteiger partial charge on any atom is 0.139 e. The van der Waals surface area contributed by atoms with Crippen molar-refractivity contribution in [3.63, 3.8) is 0 Å². The molecule has 0 aromatic carbocycles. The number of hydrogen-bond acceptors (Lipinski definition) is 3. The first-order valence-corrected chi connectivity index (χ1v) is 8.42. The monoisotopic (exact) mass is 290 g/mol. The summed E-state index contributed by atoms with van der Waals surface area (Å²) in [4.78, 5) is 23.2. The first kappa shape index (κ1) is 14.8. The Bertz CT molecular complexity index is 491. The second-order valence-electron chi connectivity index (χ2n) is 7.25. The first-order valence-electron chi connectivity index (χ1n) is 8.42. The Balaban J connectivity index is 1.65. The molecule has 3 rings (SSSR count). The van der Waals surface area contributed by atoms with Crippen molar-refractivity contribution in [2.75, 3.05) is 0 Å². The van der Waals surface area contributed by atoms with E-state index in [1.54, 1.807) is 6.92 Å². The molecule has 0 bridgehead atoms. The third-order valence-corrected chi connectivity index (χ3v) is 5.82. The summed E-state index contributed by atoms with van der Waals surface area (Å²) >= 11 is 0. The Kier molecular flexibility index (Phi) is 3.94. The van der Waals surface area contributed by atoms with Gasteiger partial charge >= 0.3 is 0 Å². The summed E-state index contributed by atoms with van der Waals surface area (Å²) in [5.74, 6) is 2.35. The molecular weight excluding hydrogens is 264 g/mol. The Morgan fingerprint density at radius 1 is 1.29 bits per heavy atom. The van der Waals surface area contributed by atoms with Gasteiger partial charge in [0, 0.05) is 24.7 Å². The van der Waals surface area contributed by atoms with E-state index in [1.807, 2.05) is 0 Å². The smallest absolute Gasteiger partial charge is 0.139 e. The predicted molar refractivity (Wildman–Crippen MR) is 80.7 cm³/mol. The van der Waals surface area contributed by atoms with E-state index in [1.165, 1.54) is 11.3 Å². The van der Waals surface area contributed by atoms with Crippen LogP contribution in [0.15, 0.2) is 11.3 Å². The predicted octanol–water partition coefficient (Wildman–Crippen LogP) is 3.96. The molecule has 2 aliphatic carbocycles. The van der Waals surface area contributed by atoms with Crippen LogP contribution in [0.1, 0.15) is 71.6 Å². The number of rotatable bonds is 4. The zero-order chi connectivity index (χ0) is 15.0. The van der Waals surface area contributed by atoms with Crippen LogP contribution in [0.3, 0.4) is 0 Å². The summed E-state index contributed by atoms with van der Waals surface area (Å²) in [7, 11) is 0. The number of ketones is 2. The number of ether oxygens (including phenoxy) is 1. The van der Waals surface area contributed by atoms with Gasteiger partial charge in [0.1, 0.15) is 11.6 Å². The van der Waals surface area contributed by atoms with E-state index in [2.05, 4.69) is 6.92 Å². The molecule has 1 aliphatic heterocycles. The van der Waals surface area contributed by atoms with E-state index >= 15 is 0 Å². The maximum absolute atomic E-state index is 12.2. The lowest BCUT2D eigenvalue weighted by molar-refractivity contribution is -0.127. The molecule has 3 aliphatic rings. The van der Waals surface area contributed by atoms with Crippen LogP contribution in [0.2, 0.25) is 0 Å². The number of fused-ring (bicyclic) bond motifs is 2. The molecule has 3 nitrogen and oxygen atoms in total. The van der Waals surface area contributed by atoms with Crippen LogP contribution in [0.4, 0.5) is 0 Å². The van der Waals surface area contributed by atoms with Crippen molar-refractivity contribution in [3.05, 3.63) is 11.3 Å².